The number of nitrogens with one attached hydrogen (secondary N) is 2. The summed E-state index contributed by atoms with van der Waals surface area (Å²) in [7, 11) is 1.71. The fraction of sp³-hybridized carbons (Fsp3) is 0.889. The summed E-state index contributed by atoms with van der Waals surface area (Å²) >= 11 is 6.94. The Labute approximate surface area is 96.4 Å². The van der Waals surface area contributed by atoms with Crippen molar-refractivity contribution in [2.45, 2.75) is 19.4 Å². The fourth-order valence-electron chi connectivity index (χ4n) is 0.985. The molecule has 5 heteroatoms. The molecule has 0 saturated heterocycles. The molecular weight excluding hydrogens is 216 g/mol. The highest BCUT2D eigenvalue weighted by Crippen LogP contribution is 1.95. The molecule has 0 rings (SSSR count). The Kier molecular flexibility index (Phi) is 9.55. The first-order valence-corrected chi connectivity index (χ1v) is 6.53. The first-order valence-electron chi connectivity index (χ1n) is 4.73. The molecule has 3 nitrogen and oxygen atoms in total. The zero-order chi connectivity index (χ0) is 10.8. The molecular formula is C9H20N2OS2. The van der Waals surface area contributed by atoms with Gasteiger partial charge in [-0.15, -0.1) is 0 Å². The summed E-state index contributed by atoms with van der Waals surface area (Å²) in [6.45, 7) is 3.77. The highest BCUT2D eigenvalue weighted by atomic mass is 32.2. The summed E-state index contributed by atoms with van der Waals surface area (Å²) in [6, 6.07) is 0.424. The molecule has 84 valence electrons. The summed E-state index contributed by atoms with van der Waals surface area (Å²) < 4.78 is 4.94. The van der Waals surface area contributed by atoms with Crippen LogP contribution in [0.2, 0.25) is 0 Å². The molecule has 1 unspecified atom stereocenters. The van der Waals surface area contributed by atoms with Crippen molar-refractivity contribution in [3.63, 3.8) is 0 Å². The standard InChI is InChI=1S/C9H20N2OS2/c1-8(7-14-3)11-9(13)10-5-4-6-12-2/h8H,4-7H2,1-3H3,(H2,10,11,13). The van der Waals surface area contributed by atoms with Gasteiger partial charge in [0.05, 0.1) is 0 Å². The number of rotatable bonds is 7. The van der Waals surface area contributed by atoms with Gasteiger partial charge in [0.25, 0.3) is 0 Å². The van der Waals surface area contributed by atoms with Crippen molar-refractivity contribution in [1.29, 1.82) is 0 Å². The minimum atomic E-state index is 0.424. The highest BCUT2D eigenvalue weighted by Gasteiger charge is 2.01. The number of hydrogen-bond donors (Lipinski definition) is 2. The van der Waals surface area contributed by atoms with Crippen LogP contribution in [0.3, 0.4) is 0 Å². The van der Waals surface area contributed by atoms with E-state index < -0.39 is 0 Å². The van der Waals surface area contributed by atoms with E-state index in [9.17, 15) is 0 Å². The first-order chi connectivity index (χ1) is 6.70. The van der Waals surface area contributed by atoms with Gasteiger partial charge in [-0.2, -0.15) is 11.8 Å². The molecule has 0 bridgehead atoms. The van der Waals surface area contributed by atoms with Crippen LogP contribution in [0, 0.1) is 0 Å². The van der Waals surface area contributed by atoms with Crippen molar-refractivity contribution in [3.05, 3.63) is 0 Å². The molecule has 2 N–H and O–H groups in total. The van der Waals surface area contributed by atoms with E-state index in [2.05, 4.69) is 23.8 Å². The number of hydrogen-bond acceptors (Lipinski definition) is 3. The van der Waals surface area contributed by atoms with Gasteiger partial charge in [-0.05, 0) is 31.8 Å². The quantitative estimate of drug-likeness (QED) is 0.513. The molecule has 14 heavy (non-hydrogen) atoms. The summed E-state index contributed by atoms with van der Waals surface area (Å²) in [5, 5.41) is 7.09. The Balaban J connectivity index is 3.35. The van der Waals surface area contributed by atoms with Crippen LogP contribution in [-0.4, -0.2) is 43.4 Å². The lowest BCUT2D eigenvalue weighted by atomic mass is 10.4. The van der Waals surface area contributed by atoms with Crippen molar-refractivity contribution in [3.8, 4) is 0 Å². The van der Waals surface area contributed by atoms with Gasteiger partial charge in [0.1, 0.15) is 0 Å². The van der Waals surface area contributed by atoms with Gasteiger partial charge >= 0.3 is 0 Å². The largest absolute Gasteiger partial charge is 0.385 e. The molecule has 0 saturated carbocycles. The van der Waals surface area contributed by atoms with Gasteiger partial charge in [0.2, 0.25) is 0 Å². The Bertz CT molecular complexity index is 156. The molecule has 0 aromatic rings. The maximum atomic E-state index is 5.12. The predicted octanol–water partition coefficient (Wildman–Crippen LogP) is 1.24. The van der Waals surface area contributed by atoms with E-state index in [1.54, 1.807) is 7.11 Å². The van der Waals surface area contributed by atoms with Gasteiger partial charge in [-0.25, -0.2) is 0 Å². The molecule has 0 amide bonds. The molecule has 0 heterocycles. The topological polar surface area (TPSA) is 33.3 Å². The van der Waals surface area contributed by atoms with Gasteiger partial charge in [-0.3, -0.25) is 0 Å². The molecule has 0 aromatic carbocycles. The summed E-state index contributed by atoms with van der Waals surface area (Å²) in [5.41, 5.74) is 0. The van der Waals surface area contributed by atoms with Gasteiger partial charge in [0, 0.05) is 32.1 Å². The molecule has 0 aliphatic rings. The van der Waals surface area contributed by atoms with E-state index >= 15 is 0 Å². The van der Waals surface area contributed by atoms with Crippen LogP contribution in [0.5, 0.6) is 0 Å². The second-order valence-corrected chi connectivity index (χ2v) is 4.42. The first kappa shape index (κ1) is 14.0. The molecule has 0 aliphatic carbocycles. The van der Waals surface area contributed by atoms with E-state index in [0.717, 1.165) is 30.4 Å². The molecule has 0 radical (unpaired) electrons. The lowest BCUT2D eigenvalue weighted by molar-refractivity contribution is 0.195. The predicted molar refractivity (Wildman–Crippen MR) is 68.1 cm³/mol. The van der Waals surface area contributed by atoms with Crippen molar-refractivity contribution in [2.75, 3.05) is 32.3 Å². The number of ether oxygens (including phenoxy) is 1. The molecule has 0 spiro atoms. The minimum absolute atomic E-state index is 0.424. The van der Waals surface area contributed by atoms with Crippen LogP contribution in [0.25, 0.3) is 0 Å². The summed E-state index contributed by atoms with van der Waals surface area (Å²) in [5.74, 6) is 1.07. The highest BCUT2D eigenvalue weighted by molar-refractivity contribution is 7.98. The third-order valence-electron chi connectivity index (χ3n) is 1.60. The van der Waals surface area contributed by atoms with Crippen molar-refractivity contribution in [2.24, 2.45) is 0 Å². The molecule has 0 fully saturated rings. The van der Waals surface area contributed by atoms with Crippen molar-refractivity contribution in [1.82, 2.24) is 10.6 Å². The lowest BCUT2D eigenvalue weighted by Gasteiger charge is -2.15. The third kappa shape index (κ3) is 8.59. The Hall–Kier alpha value is 0. The van der Waals surface area contributed by atoms with Crippen molar-refractivity contribution >= 4 is 29.1 Å². The summed E-state index contributed by atoms with van der Waals surface area (Å²) in [4.78, 5) is 0. The van der Waals surface area contributed by atoms with Crippen LogP contribution < -0.4 is 10.6 Å². The van der Waals surface area contributed by atoms with Crippen molar-refractivity contribution < 1.29 is 4.74 Å². The molecule has 0 aliphatic heterocycles. The maximum absolute atomic E-state index is 5.12. The zero-order valence-corrected chi connectivity index (χ0v) is 10.8. The van der Waals surface area contributed by atoms with Gasteiger partial charge in [-0.1, -0.05) is 0 Å². The van der Waals surface area contributed by atoms with Crippen LogP contribution in [0.4, 0.5) is 0 Å². The average molecular weight is 236 g/mol. The third-order valence-corrected chi connectivity index (χ3v) is 2.70. The second kappa shape index (κ2) is 9.55. The van der Waals surface area contributed by atoms with Crippen LogP contribution in [0.15, 0.2) is 0 Å². The summed E-state index contributed by atoms with van der Waals surface area (Å²) in [6.07, 6.45) is 3.07. The zero-order valence-electron chi connectivity index (χ0n) is 9.13. The van der Waals surface area contributed by atoms with Gasteiger partial charge < -0.3 is 15.4 Å². The van der Waals surface area contributed by atoms with E-state index in [-0.39, 0.29) is 0 Å². The molecule has 0 aromatic heterocycles. The smallest absolute Gasteiger partial charge is 0.166 e. The van der Waals surface area contributed by atoms with Crippen LogP contribution >= 0.6 is 24.0 Å². The second-order valence-electron chi connectivity index (χ2n) is 3.10. The monoisotopic (exact) mass is 236 g/mol. The number of thiocarbonyl (C=S) groups is 1. The van der Waals surface area contributed by atoms with Gasteiger partial charge in [0.15, 0.2) is 5.11 Å². The Morgan fingerprint density at radius 3 is 2.86 bits per heavy atom. The number of thioether (sulfide) groups is 1. The fourth-order valence-corrected chi connectivity index (χ4v) is 1.87. The minimum Gasteiger partial charge on any atom is -0.385 e. The maximum Gasteiger partial charge on any atom is 0.166 e. The van der Waals surface area contributed by atoms with Crippen LogP contribution in [-0.2, 0) is 4.74 Å². The van der Waals surface area contributed by atoms with E-state index in [1.807, 2.05) is 11.8 Å². The van der Waals surface area contributed by atoms with E-state index in [1.165, 1.54) is 0 Å². The SMILES string of the molecule is COCCCNC(=S)NC(C)CSC. The van der Waals surface area contributed by atoms with E-state index in [0.29, 0.717) is 6.04 Å². The lowest BCUT2D eigenvalue weighted by Crippen LogP contribution is -2.42. The van der Waals surface area contributed by atoms with Crippen LogP contribution in [0.1, 0.15) is 13.3 Å². The normalized spacial score (nSPS) is 12.2. The Morgan fingerprint density at radius 1 is 1.57 bits per heavy atom. The number of methoxy groups -OCH3 is 1. The molecule has 1 atom stereocenters. The van der Waals surface area contributed by atoms with E-state index in [4.69, 9.17) is 17.0 Å². The average Bonchev–Trinajstić information content (AvgIpc) is 2.13. The Morgan fingerprint density at radius 2 is 2.29 bits per heavy atom.